The van der Waals surface area contributed by atoms with Crippen molar-refractivity contribution in [1.82, 2.24) is 9.97 Å². The Morgan fingerprint density at radius 1 is 1.25 bits per heavy atom. The van der Waals surface area contributed by atoms with Crippen molar-refractivity contribution < 1.29 is 19.4 Å². The van der Waals surface area contributed by atoms with E-state index in [1.807, 2.05) is 31.2 Å². The molecule has 1 N–H and O–H groups in total. The average Bonchev–Trinajstić information content (AvgIpc) is 2.49. The average molecular weight is 348 g/mol. The molecule has 0 bridgehead atoms. The fourth-order valence-electron chi connectivity index (χ4n) is 1.91. The summed E-state index contributed by atoms with van der Waals surface area (Å²) in [5.41, 5.74) is 1.21. The Hall–Kier alpha value is -2.28. The Morgan fingerprint density at radius 2 is 1.92 bits per heavy atom. The lowest BCUT2D eigenvalue weighted by molar-refractivity contribution is 0.142. The van der Waals surface area contributed by atoms with Crippen molar-refractivity contribution in [3.05, 3.63) is 36.0 Å². The van der Waals surface area contributed by atoms with Crippen LogP contribution < -0.4 is 9.47 Å². The second-order valence-electron chi connectivity index (χ2n) is 6.00. The summed E-state index contributed by atoms with van der Waals surface area (Å²) in [4.78, 5) is 19.1. The molecule has 2 rings (SSSR count). The van der Waals surface area contributed by atoms with Gasteiger partial charge >= 0.3 is 6.16 Å². The number of rotatable bonds is 5. The third-order valence-electron chi connectivity index (χ3n) is 3.11. The van der Waals surface area contributed by atoms with E-state index in [0.29, 0.717) is 10.9 Å². The van der Waals surface area contributed by atoms with E-state index in [0.717, 1.165) is 5.75 Å². The van der Waals surface area contributed by atoms with Gasteiger partial charge in [0.05, 0.1) is 6.20 Å². The minimum absolute atomic E-state index is 0.0377. The highest BCUT2D eigenvalue weighted by molar-refractivity contribution is 7.99. The monoisotopic (exact) mass is 348 g/mol. The topological polar surface area (TPSA) is 81.5 Å². The van der Waals surface area contributed by atoms with Crippen molar-refractivity contribution >= 4 is 17.9 Å². The number of ether oxygens (including phenoxy) is 2. The second kappa shape index (κ2) is 7.53. The Balaban J connectivity index is 2.28. The van der Waals surface area contributed by atoms with Gasteiger partial charge in [0, 0.05) is 0 Å². The molecule has 0 unspecified atom stereocenters. The van der Waals surface area contributed by atoms with Gasteiger partial charge < -0.3 is 14.6 Å². The van der Waals surface area contributed by atoms with Crippen molar-refractivity contribution in [2.24, 2.45) is 0 Å². The summed E-state index contributed by atoms with van der Waals surface area (Å²) in [6, 6.07) is 7.58. The van der Waals surface area contributed by atoms with Crippen LogP contribution in [-0.4, -0.2) is 27.0 Å². The van der Waals surface area contributed by atoms with Crippen LogP contribution in [-0.2, 0) is 5.41 Å². The van der Waals surface area contributed by atoms with Gasteiger partial charge in [0.1, 0.15) is 5.75 Å². The molecular formula is C17H20N2O4S. The fraction of sp³-hybridized carbons (Fsp3) is 0.353. The van der Waals surface area contributed by atoms with E-state index in [-0.39, 0.29) is 17.0 Å². The predicted octanol–water partition coefficient (Wildman–Crippen LogP) is 4.74. The van der Waals surface area contributed by atoms with Crippen LogP contribution in [0.3, 0.4) is 0 Å². The minimum atomic E-state index is -1.44. The Labute approximate surface area is 145 Å². The van der Waals surface area contributed by atoms with Crippen molar-refractivity contribution in [3.8, 4) is 17.4 Å². The van der Waals surface area contributed by atoms with Crippen LogP contribution in [0.15, 0.2) is 35.6 Å². The van der Waals surface area contributed by atoms with Gasteiger partial charge in [0.25, 0.3) is 5.88 Å². The summed E-state index contributed by atoms with van der Waals surface area (Å²) >= 11 is 1.43. The van der Waals surface area contributed by atoms with Crippen LogP contribution in [0, 0.1) is 0 Å². The van der Waals surface area contributed by atoms with Gasteiger partial charge in [-0.1, -0.05) is 51.6 Å². The van der Waals surface area contributed by atoms with Gasteiger partial charge in [-0.05, 0) is 28.9 Å². The van der Waals surface area contributed by atoms with Gasteiger partial charge in [-0.15, -0.1) is 0 Å². The summed E-state index contributed by atoms with van der Waals surface area (Å²) in [5, 5.41) is 9.31. The van der Waals surface area contributed by atoms with Gasteiger partial charge in [-0.3, -0.25) is 0 Å². The second-order valence-corrected chi connectivity index (χ2v) is 7.23. The first kappa shape index (κ1) is 18.1. The number of thioether (sulfide) groups is 1. The summed E-state index contributed by atoms with van der Waals surface area (Å²) in [7, 11) is 0. The molecule has 1 aromatic carbocycles. The van der Waals surface area contributed by atoms with Crippen molar-refractivity contribution in [2.45, 2.75) is 38.3 Å². The lowest BCUT2D eigenvalue weighted by Gasteiger charge is -2.19. The van der Waals surface area contributed by atoms with Crippen molar-refractivity contribution in [2.75, 3.05) is 5.75 Å². The molecule has 0 fully saturated rings. The van der Waals surface area contributed by atoms with Crippen LogP contribution in [0.25, 0.3) is 0 Å². The van der Waals surface area contributed by atoms with Crippen LogP contribution in [0.4, 0.5) is 4.79 Å². The summed E-state index contributed by atoms with van der Waals surface area (Å²) in [6.45, 7) is 8.35. The number of aromatic nitrogens is 2. The zero-order valence-electron chi connectivity index (χ0n) is 14.1. The largest absolute Gasteiger partial charge is 0.511 e. The van der Waals surface area contributed by atoms with Gasteiger partial charge in [-0.2, -0.15) is 4.98 Å². The number of benzene rings is 1. The number of hydrogen-bond donors (Lipinski definition) is 1. The molecule has 0 amide bonds. The maximum Gasteiger partial charge on any atom is 0.511 e. The molecule has 128 valence electrons. The van der Waals surface area contributed by atoms with Crippen LogP contribution in [0.2, 0.25) is 0 Å². The van der Waals surface area contributed by atoms with Gasteiger partial charge in [0.2, 0.25) is 5.75 Å². The van der Waals surface area contributed by atoms with E-state index in [9.17, 15) is 4.79 Å². The molecule has 2 aromatic rings. The van der Waals surface area contributed by atoms with Gasteiger partial charge in [0.15, 0.2) is 5.16 Å². The highest BCUT2D eigenvalue weighted by Crippen LogP contribution is 2.32. The molecule has 1 heterocycles. The van der Waals surface area contributed by atoms with Gasteiger partial charge in [-0.25, -0.2) is 9.78 Å². The fourth-order valence-corrected chi connectivity index (χ4v) is 2.44. The SMILES string of the molecule is CCSc1ncc(OC(=O)O)c(Oc2ccc(C(C)(C)C)cc2)n1. The van der Waals surface area contributed by atoms with Crippen molar-refractivity contribution in [1.29, 1.82) is 0 Å². The molecule has 7 heteroatoms. The maximum absolute atomic E-state index is 10.8. The molecule has 0 spiro atoms. The minimum Gasteiger partial charge on any atom is -0.449 e. The van der Waals surface area contributed by atoms with E-state index in [1.54, 1.807) is 0 Å². The predicted molar refractivity (Wildman–Crippen MR) is 92.3 cm³/mol. The molecule has 6 nitrogen and oxygen atoms in total. The highest BCUT2D eigenvalue weighted by atomic mass is 32.2. The molecule has 0 atom stereocenters. The van der Waals surface area contributed by atoms with Crippen LogP contribution in [0.5, 0.6) is 17.4 Å². The number of carboxylic acid groups (broad SMARTS) is 1. The third-order valence-corrected chi connectivity index (χ3v) is 3.85. The number of hydrogen-bond acceptors (Lipinski definition) is 6. The van der Waals surface area contributed by atoms with Crippen molar-refractivity contribution in [3.63, 3.8) is 0 Å². The summed E-state index contributed by atoms with van der Waals surface area (Å²) in [5.74, 6) is 1.37. The maximum atomic E-state index is 10.8. The van der Waals surface area contributed by atoms with E-state index < -0.39 is 6.16 Å². The lowest BCUT2D eigenvalue weighted by Crippen LogP contribution is -2.10. The standard InChI is InChI=1S/C17H20N2O4S/c1-5-24-15-18-10-13(23-16(20)21)14(19-15)22-12-8-6-11(7-9-12)17(2,3)4/h6-10H,5H2,1-4H3,(H,20,21). The van der Waals surface area contributed by atoms with E-state index >= 15 is 0 Å². The molecule has 0 aliphatic rings. The zero-order valence-corrected chi connectivity index (χ0v) is 14.9. The highest BCUT2D eigenvalue weighted by Gasteiger charge is 2.16. The summed E-state index contributed by atoms with van der Waals surface area (Å²) in [6.07, 6.45) is -0.139. The molecule has 0 radical (unpaired) electrons. The first-order valence-corrected chi connectivity index (χ1v) is 8.47. The zero-order chi connectivity index (χ0) is 17.7. The first-order chi connectivity index (χ1) is 11.3. The molecule has 24 heavy (non-hydrogen) atoms. The molecule has 0 saturated heterocycles. The summed E-state index contributed by atoms with van der Waals surface area (Å²) < 4.78 is 10.4. The molecular weight excluding hydrogens is 328 g/mol. The molecule has 1 aromatic heterocycles. The number of nitrogens with zero attached hydrogens (tertiary/aromatic N) is 2. The van der Waals surface area contributed by atoms with E-state index in [1.165, 1.54) is 23.5 Å². The molecule has 0 aliphatic carbocycles. The Kier molecular flexibility index (Phi) is 5.66. The normalized spacial score (nSPS) is 11.2. The van der Waals surface area contributed by atoms with Crippen LogP contribution in [0.1, 0.15) is 33.3 Å². The Bertz CT molecular complexity index is 712. The van der Waals surface area contributed by atoms with E-state index in [2.05, 4.69) is 35.5 Å². The number of carbonyl (C=O) groups is 1. The molecule has 0 saturated carbocycles. The Morgan fingerprint density at radius 3 is 2.46 bits per heavy atom. The lowest BCUT2D eigenvalue weighted by atomic mass is 9.87. The van der Waals surface area contributed by atoms with E-state index in [4.69, 9.17) is 9.84 Å². The smallest absolute Gasteiger partial charge is 0.449 e. The third kappa shape index (κ3) is 4.86. The quantitative estimate of drug-likeness (QED) is 0.475. The first-order valence-electron chi connectivity index (χ1n) is 7.48. The van der Waals surface area contributed by atoms with Crippen LogP contribution >= 0.6 is 11.8 Å². The molecule has 0 aliphatic heterocycles.